The second kappa shape index (κ2) is 17.5. The minimum absolute atomic E-state index is 0.255. The van der Waals surface area contributed by atoms with Crippen LogP contribution in [0.2, 0.25) is 0 Å². The molecule has 314 valence electrons. The van der Waals surface area contributed by atoms with Gasteiger partial charge in [-0.05, 0) is 117 Å². The monoisotopic (exact) mass is 862 g/mol. The molecule has 10 rings (SSSR count). The number of benzene rings is 8. The van der Waals surface area contributed by atoms with E-state index in [1.54, 1.807) is 48.5 Å². The molecule has 0 saturated carbocycles. The number of ketones is 2. The molecule has 0 atom stereocenters. The van der Waals surface area contributed by atoms with E-state index in [0.717, 1.165) is 22.3 Å². The van der Waals surface area contributed by atoms with E-state index in [2.05, 4.69) is 11.8 Å². The van der Waals surface area contributed by atoms with Gasteiger partial charge in [0.05, 0.1) is 0 Å². The van der Waals surface area contributed by atoms with Crippen LogP contribution in [0.4, 0.5) is 17.6 Å². The molecular formula is C60H34F4O2. The van der Waals surface area contributed by atoms with Gasteiger partial charge in [0.2, 0.25) is 0 Å². The molecule has 0 spiro atoms. The van der Waals surface area contributed by atoms with Crippen LogP contribution < -0.4 is 0 Å². The third kappa shape index (κ3) is 7.84. The van der Waals surface area contributed by atoms with Gasteiger partial charge in [-0.15, -0.1) is 0 Å². The molecular weight excluding hydrogens is 829 g/mol. The Hall–Kier alpha value is -8.66. The van der Waals surface area contributed by atoms with Gasteiger partial charge in [-0.2, -0.15) is 0 Å². The summed E-state index contributed by atoms with van der Waals surface area (Å²) in [6, 6.07) is 57.7. The van der Waals surface area contributed by atoms with E-state index < -0.39 is 23.3 Å². The molecule has 0 fully saturated rings. The Bertz CT molecular complexity index is 3160. The molecule has 0 N–H and O–H groups in total. The summed E-state index contributed by atoms with van der Waals surface area (Å²) in [5, 5.41) is 0. The van der Waals surface area contributed by atoms with E-state index >= 15 is 0 Å². The molecule has 0 aromatic heterocycles. The fourth-order valence-electron chi connectivity index (χ4n) is 8.72. The molecule has 0 amide bonds. The Morgan fingerprint density at radius 1 is 0.227 bits per heavy atom. The largest absolute Gasteiger partial charge is 0.289 e. The lowest BCUT2D eigenvalue weighted by atomic mass is 9.89. The number of carbonyl (C=O) groups is 2. The van der Waals surface area contributed by atoms with Gasteiger partial charge in [-0.25, -0.2) is 17.6 Å². The van der Waals surface area contributed by atoms with Gasteiger partial charge >= 0.3 is 0 Å². The summed E-state index contributed by atoms with van der Waals surface area (Å²) < 4.78 is 56.7. The first-order valence-corrected chi connectivity index (χ1v) is 21.2. The van der Waals surface area contributed by atoms with E-state index in [1.807, 2.05) is 109 Å². The predicted octanol–water partition coefficient (Wildman–Crippen LogP) is 13.9. The summed E-state index contributed by atoms with van der Waals surface area (Å²) in [6.45, 7) is 0. The number of rotatable bonds is 8. The van der Waals surface area contributed by atoms with Crippen molar-refractivity contribution in [2.24, 2.45) is 0 Å². The standard InChI is InChI=1S/C60H34F4O2/c61-47-29-21-43(22-30-47)55-51(39-7-3-1-4-8-39)53(57(59(55)65)45-25-33-49(63)34-26-45)41-17-13-37(14-18-41)11-12-38-15-19-42(20-16-38)54-52(40-9-5-2-6-10-40)56(44-23-31-48(62)32-24-44)60(66)58(54)46-27-35-50(64)36-28-46/h1-10,13-36H. The topological polar surface area (TPSA) is 34.1 Å². The fraction of sp³-hybridized carbons (Fsp3) is 0. The summed E-state index contributed by atoms with van der Waals surface area (Å²) in [6.07, 6.45) is 0. The second-order valence-corrected chi connectivity index (χ2v) is 15.8. The van der Waals surface area contributed by atoms with E-state index in [9.17, 15) is 27.2 Å². The number of hydrogen-bond donors (Lipinski definition) is 0. The first kappa shape index (κ1) is 41.4. The van der Waals surface area contributed by atoms with Gasteiger partial charge in [0.15, 0.2) is 11.6 Å². The molecule has 6 heteroatoms. The Kier molecular flexibility index (Phi) is 11.0. The lowest BCUT2D eigenvalue weighted by molar-refractivity contribution is -0.109. The molecule has 8 aromatic rings. The number of hydrogen-bond acceptors (Lipinski definition) is 2. The summed E-state index contributed by atoms with van der Waals surface area (Å²) >= 11 is 0. The zero-order valence-electron chi connectivity index (χ0n) is 35.0. The zero-order valence-corrected chi connectivity index (χ0v) is 35.0. The lowest BCUT2D eigenvalue weighted by Crippen LogP contribution is -2.02. The maximum Gasteiger partial charge on any atom is 0.195 e. The smallest absolute Gasteiger partial charge is 0.195 e. The molecule has 2 nitrogen and oxygen atoms in total. The van der Waals surface area contributed by atoms with Gasteiger partial charge in [0.1, 0.15) is 23.3 Å². The van der Waals surface area contributed by atoms with Crippen LogP contribution in [0.25, 0.3) is 44.6 Å². The molecule has 2 aliphatic carbocycles. The molecule has 0 heterocycles. The van der Waals surface area contributed by atoms with Crippen LogP contribution >= 0.6 is 0 Å². The predicted molar refractivity (Wildman–Crippen MR) is 255 cm³/mol. The van der Waals surface area contributed by atoms with E-state index in [1.165, 1.54) is 48.5 Å². The van der Waals surface area contributed by atoms with Crippen molar-refractivity contribution in [1.82, 2.24) is 0 Å². The van der Waals surface area contributed by atoms with Crippen molar-refractivity contribution >= 4 is 56.2 Å². The van der Waals surface area contributed by atoms with Gasteiger partial charge in [0.25, 0.3) is 0 Å². The van der Waals surface area contributed by atoms with Gasteiger partial charge in [-0.3, -0.25) is 9.59 Å². The lowest BCUT2D eigenvalue weighted by Gasteiger charge is -2.14. The number of Topliss-reactive ketones (excluding diaryl/α,β-unsaturated/α-hetero) is 2. The molecule has 8 aromatic carbocycles. The maximum absolute atomic E-state index is 14.6. The molecule has 0 bridgehead atoms. The molecule has 0 saturated heterocycles. The van der Waals surface area contributed by atoms with Gasteiger partial charge < -0.3 is 0 Å². The van der Waals surface area contributed by atoms with Crippen LogP contribution in [0.5, 0.6) is 0 Å². The Balaban J connectivity index is 1.04. The van der Waals surface area contributed by atoms with Crippen LogP contribution in [0.3, 0.4) is 0 Å². The fourth-order valence-corrected chi connectivity index (χ4v) is 8.72. The zero-order chi connectivity index (χ0) is 45.3. The Morgan fingerprint density at radius 3 is 0.667 bits per heavy atom. The SMILES string of the molecule is O=C1C(c2ccc(F)cc2)=C(c2ccccc2)C(c2ccc(C#Cc3ccc(C4=C(c5ccc(F)cc5)C(=O)C(c5ccc(F)cc5)=C4c4ccccc4)cc3)cc2)=C1c1ccc(F)cc1. The highest BCUT2D eigenvalue weighted by Gasteiger charge is 2.37. The van der Waals surface area contributed by atoms with Crippen LogP contribution in [-0.2, 0) is 9.59 Å². The number of carbonyl (C=O) groups excluding carboxylic acids is 2. The van der Waals surface area contributed by atoms with Crippen molar-refractivity contribution in [1.29, 1.82) is 0 Å². The van der Waals surface area contributed by atoms with Crippen molar-refractivity contribution in [2.45, 2.75) is 0 Å². The van der Waals surface area contributed by atoms with Crippen LogP contribution in [-0.4, -0.2) is 11.6 Å². The normalized spacial score (nSPS) is 13.8. The van der Waals surface area contributed by atoms with Crippen LogP contribution in [0, 0.1) is 35.1 Å². The Labute approximate surface area is 378 Å². The number of allylic oxidation sites excluding steroid dienone is 8. The van der Waals surface area contributed by atoms with Crippen molar-refractivity contribution < 1.29 is 27.2 Å². The van der Waals surface area contributed by atoms with Crippen molar-refractivity contribution in [3.63, 3.8) is 0 Å². The molecule has 0 unspecified atom stereocenters. The van der Waals surface area contributed by atoms with Gasteiger partial charge in [0, 0.05) is 55.7 Å². The van der Waals surface area contributed by atoms with Crippen LogP contribution in [0.15, 0.2) is 206 Å². The van der Waals surface area contributed by atoms with Crippen molar-refractivity contribution in [3.05, 3.63) is 285 Å². The highest BCUT2D eigenvalue weighted by molar-refractivity contribution is 6.60. The molecule has 0 aliphatic heterocycles. The van der Waals surface area contributed by atoms with E-state index in [0.29, 0.717) is 78.0 Å². The molecule has 0 radical (unpaired) electrons. The molecule has 2 aliphatic rings. The third-order valence-corrected chi connectivity index (χ3v) is 11.8. The highest BCUT2D eigenvalue weighted by Crippen LogP contribution is 2.51. The summed E-state index contributed by atoms with van der Waals surface area (Å²) in [7, 11) is 0. The third-order valence-electron chi connectivity index (χ3n) is 11.8. The molecule has 66 heavy (non-hydrogen) atoms. The average Bonchev–Trinajstić information content (AvgIpc) is 3.83. The quantitative estimate of drug-likeness (QED) is 0.113. The van der Waals surface area contributed by atoms with Gasteiger partial charge in [-0.1, -0.05) is 145 Å². The first-order valence-electron chi connectivity index (χ1n) is 21.2. The van der Waals surface area contributed by atoms with Crippen molar-refractivity contribution in [3.8, 4) is 11.8 Å². The van der Waals surface area contributed by atoms with E-state index in [-0.39, 0.29) is 11.6 Å². The highest BCUT2D eigenvalue weighted by atomic mass is 19.1. The first-order chi connectivity index (χ1) is 32.2. The van der Waals surface area contributed by atoms with E-state index in [4.69, 9.17) is 0 Å². The number of halogens is 4. The minimum Gasteiger partial charge on any atom is -0.289 e. The minimum atomic E-state index is -0.427. The summed E-state index contributed by atoms with van der Waals surface area (Å²) in [5.74, 6) is 4.31. The second-order valence-electron chi connectivity index (χ2n) is 15.8. The van der Waals surface area contributed by atoms with Crippen molar-refractivity contribution in [2.75, 3.05) is 0 Å². The van der Waals surface area contributed by atoms with Crippen LogP contribution in [0.1, 0.15) is 55.6 Å². The average molecular weight is 863 g/mol. The summed E-state index contributed by atoms with van der Waals surface area (Å²) in [4.78, 5) is 29.2. The Morgan fingerprint density at radius 2 is 0.424 bits per heavy atom. The maximum atomic E-state index is 14.6. The summed E-state index contributed by atoms with van der Waals surface area (Å²) in [5.41, 5.74) is 11.1.